The Morgan fingerprint density at radius 3 is 2.89 bits per heavy atom. The maximum absolute atomic E-state index is 11.5. The molecule has 1 aliphatic carbocycles. The van der Waals surface area contributed by atoms with Crippen molar-refractivity contribution in [3.8, 4) is 0 Å². The molecule has 4 heteroatoms. The molecule has 0 heterocycles. The number of anilines is 1. The molecule has 2 rings (SSSR count). The van der Waals surface area contributed by atoms with E-state index in [0.29, 0.717) is 16.6 Å². The number of hydrogen-bond donors (Lipinski definition) is 1. The first-order valence-corrected chi connectivity index (χ1v) is 6.62. The Kier molecular flexibility index (Phi) is 4.12. The van der Waals surface area contributed by atoms with Crippen LogP contribution in [-0.4, -0.2) is 19.1 Å². The lowest BCUT2D eigenvalue weighted by molar-refractivity contribution is 0.0601. The molecule has 0 spiro atoms. The number of esters is 1. The quantitative estimate of drug-likeness (QED) is 0.826. The molecule has 1 saturated carbocycles. The molecule has 0 saturated heterocycles. The molecule has 1 fully saturated rings. The van der Waals surface area contributed by atoms with Crippen LogP contribution in [0.2, 0.25) is 5.02 Å². The van der Waals surface area contributed by atoms with Crippen molar-refractivity contribution in [3.63, 3.8) is 0 Å². The summed E-state index contributed by atoms with van der Waals surface area (Å²) in [5.74, 6) is 0.471. The van der Waals surface area contributed by atoms with Gasteiger partial charge in [-0.25, -0.2) is 4.79 Å². The summed E-state index contributed by atoms with van der Waals surface area (Å²) in [4.78, 5) is 11.5. The molecule has 1 atom stereocenters. The van der Waals surface area contributed by atoms with Gasteiger partial charge in [-0.2, -0.15) is 0 Å². The number of carbonyl (C=O) groups excluding carboxylic acids is 1. The Hall–Kier alpha value is -1.22. The van der Waals surface area contributed by atoms with Crippen LogP contribution in [0.15, 0.2) is 18.2 Å². The van der Waals surface area contributed by atoms with Crippen LogP contribution in [0.3, 0.4) is 0 Å². The summed E-state index contributed by atoms with van der Waals surface area (Å²) in [6, 6.07) is 5.76. The summed E-state index contributed by atoms with van der Waals surface area (Å²) in [6.07, 6.45) is 3.87. The van der Waals surface area contributed by atoms with Crippen molar-refractivity contribution < 1.29 is 9.53 Å². The van der Waals surface area contributed by atoms with E-state index in [1.165, 1.54) is 26.4 Å². The highest BCUT2D eigenvalue weighted by atomic mass is 35.5. The number of halogens is 1. The van der Waals surface area contributed by atoms with Crippen LogP contribution < -0.4 is 5.32 Å². The summed E-state index contributed by atoms with van der Waals surface area (Å²) >= 11 is 5.97. The monoisotopic (exact) mass is 267 g/mol. The molecule has 1 aromatic rings. The van der Waals surface area contributed by atoms with Gasteiger partial charge in [0.15, 0.2) is 0 Å². The van der Waals surface area contributed by atoms with Gasteiger partial charge >= 0.3 is 5.97 Å². The Labute approximate surface area is 112 Å². The second-order valence-electron chi connectivity index (χ2n) is 4.91. The fourth-order valence-electron chi connectivity index (χ4n) is 2.08. The first kappa shape index (κ1) is 13.2. The van der Waals surface area contributed by atoms with Crippen molar-refractivity contribution in [3.05, 3.63) is 28.8 Å². The molecular formula is C14H18ClNO2. The Morgan fingerprint density at radius 1 is 1.56 bits per heavy atom. The predicted molar refractivity (Wildman–Crippen MR) is 73.2 cm³/mol. The molecule has 0 aromatic heterocycles. The van der Waals surface area contributed by atoms with Gasteiger partial charge in [-0.3, -0.25) is 0 Å². The number of ether oxygens (including phenoxy) is 1. The Bertz CT molecular complexity index is 443. The summed E-state index contributed by atoms with van der Waals surface area (Å²) in [7, 11) is 1.36. The maximum Gasteiger partial charge on any atom is 0.339 e. The van der Waals surface area contributed by atoms with E-state index in [0.717, 1.165) is 11.6 Å². The lowest BCUT2D eigenvalue weighted by atomic mass is 10.1. The molecule has 0 aliphatic heterocycles. The minimum Gasteiger partial charge on any atom is -0.465 e. The smallest absolute Gasteiger partial charge is 0.339 e. The first-order valence-electron chi connectivity index (χ1n) is 6.24. The van der Waals surface area contributed by atoms with Crippen LogP contribution in [0.25, 0.3) is 0 Å². The molecular weight excluding hydrogens is 250 g/mol. The Balaban J connectivity index is 2.05. The number of benzene rings is 1. The lowest BCUT2D eigenvalue weighted by Gasteiger charge is -2.15. The van der Waals surface area contributed by atoms with Crippen LogP contribution >= 0.6 is 11.6 Å². The SMILES string of the molecule is COC(=O)c1cc(NC(C)CC2CC2)ccc1Cl. The van der Waals surface area contributed by atoms with E-state index in [1.54, 1.807) is 12.1 Å². The number of methoxy groups -OCH3 is 1. The molecule has 1 aromatic carbocycles. The van der Waals surface area contributed by atoms with E-state index >= 15 is 0 Å². The summed E-state index contributed by atoms with van der Waals surface area (Å²) in [6.45, 7) is 2.16. The number of rotatable bonds is 5. The molecule has 0 amide bonds. The van der Waals surface area contributed by atoms with Crippen molar-refractivity contribution in [1.29, 1.82) is 0 Å². The van der Waals surface area contributed by atoms with Gasteiger partial charge in [0.05, 0.1) is 17.7 Å². The van der Waals surface area contributed by atoms with Crippen LogP contribution in [0.1, 0.15) is 36.5 Å². The molecule has 1 unspecified atom stereocenters. The topological polar surface area (TPSA) is 38.3 Å². The van der Waals surface area contributed by atoms with Gasteiger partial charge in [0.25, 0.3) is 0 Å². The van der Waals surface area contributed by atoms with E-state index in [4.69, 9.17) is 16.3 Å². The van der Waals surface area contributed by atoms with Crippen molar-refractivity contribution in [2.24, 2.45) is 5.92 Å². The predicted octanol–water partition coefficient (Wildman–Crippen LogP) is 3.73. The average molecular weight is 268 g/mol. The highest BCUT2D eigenvalue weighted by molar-refractivity contribution is 6.33. The van der Waals surface area contributed by atoms with Gasteiger partial charge in [0.2, 0.25) is 0 Å². The summed E-state index contributed by atoms with van der Waals surface area (Å²) in [5, 5.41) is 3.81. The highest BCUT2D eigenvalue weighted by Gasteiger charge is 2.23. The zero-order valence-electron chi connectivity index (χ0n) is 10.7. The third-order valence-corrected chi connectivity index (χ3v) is 3.50. The lowest BCUT2D eigenvalue weighted by Crippen LogP contribution is -2.16. The second kappa shape index (κ2) is 5.61. The van der Waals surface area contributed by atoms with Gasteiger partial charge in [-0.15, -0.1) is 0 Å². The third kappa shape index (κ3) is 3.39. The molecule has 3 nitrogen and oxygen atoms in total. The third-order valence-electron chi connectivity index (χ3n) is 3.17. The van der Waals surface area contributed by atoms with Gasteiger partial charge < -0.3 is 10.1 Å². The van der Waals surface area contributed by atoms with E-state index in [9.17, 15) is 4.79 Å². The van der Waals surface area contributed by atoms with Crippen LogP contribution in [0.4, 0.5) is 5.69 Å². The van der Waals surface area contributed by atoms with Crippen molar-refractivity contribution >= 4 is 23.3 Å². The fourth-order valence-corrected chi connectivity index (χ4v) is 2.27. The molecule has 0 bridgehead atoms. The van der Waals surface area contributed by atoms with Crippen LogP contribution in [-0.2, 0) is 4.74 Å². The number of nitrogens with one attached hydrogen (secondary N) is 1. The van der Waals surface area contributed by atoms with Crippen LogP contribution in [0, 0.1) is 5.92 Å². The Morgan fingerprint density at radius 2 is 2.28 bits per heavy atom. The molecule has 98 valence electrons. The normalized spacial score (nSPS) is 16.2. The van der Waals surface area contributed by atoms with Gasteiger partial charge in [0, 0.05) is 11.7 Å². The van der Waals surface area contributed by atoms with Crippen molar-refractivity contribution in [1.82, 2.24) is 0 Å². The fraction of sp³-hybridized carbons (Fsp3) is 0.500. The van der Waals surface area contributed by atoms with Gasteiger partial charge in [-0.05, 0) is 37.5 Å². The molecule has 1 aliphatic rings. The standard InChI is InChI=1S/C14H18ClNO2/c1-9(7-10-3-4-10)16-11-5-6-13(15)12(8-11)14(17)18-2/h5-6,8-10,16H,3-4,7H2,1-2H3. The summed E-state index contributed by atoms with van der Waals surface area (Å²) < 4.78 is 4.70. The maximum atomic E-state index is 11.5. The highest BCUT2D eigenvalue weighted by Crippen LogP contribution is 2.34. The van der Waals surface area contributed by atoms with Crippen molar-refractivity contribution in [2.45, 2.75) is 32.2 Å². The number of hydrogen-bond acceptors (Lipinski definition) is 3. The van der Waals surface area contributed by atoms with Gasteiger partial charge in [-0.1, -0.05) is 24.4 Å². The summed E-state index contributed by atoms with van der Waals surface area (Å²) in [5.41, 5.74) is 1.32. The zero-order chi connectivity index (χ0) is 13.1. The second-order valence-corrected chi connectivity index (χ2v) is 5.32. The molecule has 1 N–H and O–H groups in total. The van der Waals surface area contributed by atoms with E-state index < -0.39 is 5.97 Å². The largest absolute Gasteiger partial charge is 0.465 e. The van der Waals surface area contributed by atoms with Crippen molar-refractivity contribution in [2.75, 3.05) is 12.4 Å². The minimum absolute atomic E-state index is 0.404. The van der Waals surface area contributed by atoms with E-state index in [1.807, 2.05) is 6.07 Å². The average Bonchev–Trinajstić information content (AvgIpc) is 3.14. The van der Waals surface area contributed by atoms with E-state index in [-0.39, 0.29) is 0 Å². The number of carbonyl (C=O) groups is 1. The first-order chi connectivity index (χ1) is 8.60. The zero-order valence-corrected chi connectivity index (χ0v) is 11.5. The molecule has 18 heavy (non-hydrogen) atoms. The minimum atomic E-state index is -0.404. The molecule has 0 radical (unpaired) electrons. The van der Waals surface area contributed by atoms with Gasteiger partial charge in [0.1, 0.15) is 0 Å². The van der Waals surface area contributed by atoms with E-state index in [2.05, 4.69) is 12.2 Å². The van der Waals surface area contributed by atoms with Crippen LogP contribution in [0.5, 0.6) is 0 Å².